The third-order valence-electron chi connectivity index (χ3n) is 2.94. The van der Waals surface area contributed by atoms with Gasteiger partial charge in [-0.2, -0.15) is 4.98 Å². The molecule has 0 aliphatic carbocycles. The van der Waals surface area contributed by atoms with Gasteiger partial charge in [0.25, 0.3) is 5.89 Å². The summed E-state index contributed by atoms with van der Waals surface area (Å²) >= 11 is 5.81. The van der Waals surface area contributed by atoms with Gasteiger partial charge in [0.05, 0.1) is 5.56 Å². The van der Waals surface area contributed by atoms with Crippen molar-refractivity contribution in [1.29, 1.82) is 0 Å². The molecule has 0 spiro atoms. The molecule has 0 N–H and O–H groups in total. The maximum Gasteiger partial charge on any atom is 0.338 e. The number of hydrogen-bond acceptors (Lipinski definition) is 5. The lowest BCUT2D eigenvalue weighted by Crippen LogP contribution is -2.05. The van der Waals surface area contributed by atoms with Gasteiger partial charge in [-0.15, -0.1) is 0 Å². The Morgan fingerprint density at radius 2 is 2.04 bits per heavy atom. The molecule has 3 rings (SSSR count). The first-order valence-corrected chi connectivity index (χ1v) is 7.01. The molecule has 0 radical (unpaired) electrons. The molecule has 0 amide bonds. The van der Waals surface area contributed by atoms with Crippen LogP contribution in [0.3, 0.4) is 0 Å². The Kier molecular flexibility index (Phi) is 4.34. The number of carbonyl (C=O) groups excluding carboxylic acids is 1. The number of hydrogen-bond donors (Lipinski definition) is 0. The average molecular weight is 333 g/mol. The van der Waals surface area contributed by atoms with Gasteiger partial charge in [-0.25, -0.2) is 9.18 Å². The minimum absolute atomic E-state index is 0.111. The number of esters is 1. The Hall–Kier alpha value is -2.73. The first-order chi connectivity index (χ1) is 11.1. The van der Waals surface area contributed by atoms with E-state index in [1.165, 1.54) is 18.2 Å². The Bertz CT molecular complexity index is 851. The molecule has 0 aliphatic heterocycles. The van der Waals surface area contributed by atoms with Gasteiger partial charge in [-0.05, 0) is 30.3 Å². The zero-order chi connectivity index (χ0) is 16.2. The van der Waals surface area contributed by atoms with Gasteiger partial charge in [-0.1, -0.05) is 35.0 Å². The number of ether oxygens (including phenoxy) is 1. The molecule has 0 saturated heterocycles. The van der Waals surface area contributed by atoms with Crippen LogP contribution in [0.5, 0.6) is 0 Å². The van der Waals surface area contributed by atoms with Crippen LogP contribution < -0.4 is 0 Å². The first kappa shape index (κ1) is 15.2. The van der Waals surface area contributed by atoms with Crippen LogP contribution in [0.25, 0.3) is 11.4 Å². The summed E-state index contributed by atoms with van der Waals surface area (Å²) in [5, 5.41) is 4.16. The Labute approximate surface area is 135 Å². The quantitative estimate of drug-likeness (QED) is 0.678. The molecule has 2 aromatic carbocycles. The molecule has 5 nitrogen and oxygen atoms in total. The second-order valence-electron chi connectivity index (χ2n) is 4.61. The summed E-state index contributed by atoms with van der Waals surface area (Å²) in [6.45, 7) is -0.187. The zero-order valence-corrected chi connectivity index (χ0v) is 12.5. The van der Waals surface area contributed by atoms with Crippen LogP contribution >= 0.6 is 11.6 Å². The number of aromatic nitrogens is 2. The predicted octanol–water partition coefficient (Wildman–Crippen LogP) is 3.89. The fourth-order valence-electron chi connectivity index (χ4n) is 1.88. The smallest absolute Gasteiger partial charge is 0.338 e. The van der Waals surface area contributed by atoms with Crippen LogP contribution in [-0.4, -0.2) is 16.1 Å². The summed E-state index contributed by atoms with van der Waals surface area (Å²) < 4.78 is 23.2. The third-order valence-corrected chi connectivity index (χ3v) is 3.17. The van der Waals surface area contributed by atoms with Crippen molar-refractivity contribution in [3.63, 3.8) is 0 Å². The van der Waals surface area contributed by atoms with E-state index in [1.807, 2.05) is 0 Å². The molecule has 0 fully saturated rings. The Morgan fingerprint density at radius 3 is 2.83 bits per heavy atom. The molecule has 0 aliphatic rings. The highest BCUT2D eigenvalue weighted by atomic mass is 35.5. The topological polar surface area (TPSA) is 65.2 Å². The van der Waals surface area contributed by atoms with Gasteiger partial charge in [0.2, 0.25) is 5.82 Å². The summed E-state index contributed by atoms with van der Waals surface area (Å²) in [5.41, 5.74) is 0.795. The summed E-state index contributed by atoms with van der Waals surface area (Å²) in [4.78, 5) is 15.9. The fraction of sp³-hybridized carbons (Fsp3) is 0.0625. The van der Waals surface area contributed by atoms with Crippen LogP contribution in [0, 0.1) is 5.82 Å². The second-order valence-corrected chi connectivity index (χ2v) is 5.04. The SMILES string of the molecule is O=C(OCc1nc(-c2cccc(F)c2)no1)c1cccc(Cl)c1. The number of benzene rings is 2. The van der Waals surface area contributed by atoms with Crippen LogP contribution in [0.1, 0.15) is 16.2 Å². The van der Waals surface area contributed by atoms with Gasteiger partial charge in [-0.3, -0.25) is 0 Å². The maximum atomic E-state index is 13.2. The number of carbonyl (C=O) groups is 1. The Morgan fingerprint density at radius 1 is 1.22 bits per heavy atom. The lowest BCUT2D eigenvalue weighted by molar-refractivity contribution is 0.0430. The molecular weight excluding hydrogens is 323 g/mol. The van der Waals surface area contributed by atoms with Crippen LogP contribution in [-0.2, 0) is 11.3 Å². The van der Waals surface area contributed by atoms with Gasteiger partial charge in [0, 0.05) is 10.6 Å². The predicted molar refractivity (Wildman–Crippen MR) is 80.3 cm³/mol. The standard InChI is InChI=1S/C16H10ClFN2O3/c17-12-5-1-4-11(7-12)16(21)22-9-14-19-15(20-23-14)10-3-2-6-13(18)8-10/h1-8H,9H2. The molecule has 3 aromatic rings. The highest BCUT2D eigenvalue weighted by Gasteiger charge is 2.13. The summed E-state index contributed by atoms with van der Waals surface area (Å²) in [5.74, 6) is -0.628. The fourth-order valence-corrected chi connectivity index (χ4v) is 2.07. The highest BCUT2D eigenvalue weighted by Crippen LogP contribution is 2.17. The van der Waals surface area contributed by atoms with E-state index in [1.54, 1.807) is 30.3 Å². The van der Waals surface area contributed by atoms with Crippen LogP contribution in [0.4, 0.5) is 4.39 Å². The van der Waals surface area contributed by atoms with Crippen molar-refractivity contribution < 1.29 is 18.4 Å². The summed E-state index contributed by atoms with van der Waals surface area (Å²) in [6.07, 6.45) is 0. The van der Waals surface area contributed by atoms with Crippen LogP contribution in [0.15, 0.2) is 53.1 Å². The molecule has 23 heavy (non-hydrogen) atoms. The van der Waals surface area contributed by atoms with Crippen molar-refractivity contribution in [2.24, 2.45) is 0 Å². The molecule has 0 atom stereocenters. The molecule has 116 valence electrons. The van der Waals surface area contributed by atoms with E-state index in [9.17, 15) is 9.18 Å². The van der Waals surface area contributed by atoms with Crippen molar-refractivity contribution in [3.8, 4) is 11.4 Å². The van der Waals surface area contributed by atoms with Crippen molar-refractivity contribution >= 4 is 17.6 Å². The maximum absolute atomic E-state index is 13.2. The van der Waals surface area contributed by atoms with E-state index < -0.39 is 11.8 Å². The molecule has 0 unspecified atom stereocenters. The van der Waals surface area contributed by atoms with Gasteiger partial charge in [0.15, 0.2) is 6.61 Å². The summed E-state index contributed by atoms with van der Waals surface area (Å²) in [7, 11) is 0. The lowest BCUT2D eigenvalue weighted by Gasteiger charge is -2.01. The van der Waals surface area contributed by atoms with Crippen LogP contribution in [0.2, 0.25) is 5.02 Å². The first-order valence-electron chi connectivity index (χ1n) is 6.63. The van der Waals surface area contributed by atoms with Crippen molar-refractivity contribution in [3.05, 3.63) is 70.8 Å². The van der Waals surface area contributed by atoms with Crippen molar-refractivity contribution in [1.82, 2.24) is 10.1 Å². The number of rotatable bonds is 4. The summed E-state index contributed by atoms with van der Waals surface area (Å²) in [6, 6.07) is 12.2. The van der Waals surface area contributed by atoms with E-state index in [-0.39, 0.29) is 18.3 Å². The van der Waals surface area contributed by atoms with Gasteiger partial charge >= 0.3 is 5.97 Å². The van der Waals surface area contributed by atoms with Gasteiger partial charge in [0.1, 0.15) is 5.82 Å². The van der Waals surface area contributed by atoms with Gasteiger partial charge < -0.3 is 9.26 Å². The number of halogens is 2. The molecular formula is C16H10ClFN2O3. The van der Waals surface area contributed by atoms with E-state index in [0.29, 0.717) is 16.1 Å². The second kappa shape index (κ2) is 6.58. The Balaban J connectivity index is 1.67. The zero-order valence-electron chi connectivity index (χ0n) is 11.7. The molecule has 0 bridgehead atoms. The van der Waals surface area contributed by atoms with E-state index in [0.717, 1.165) is 0 Å². The van der Waals surface area contributed by atoms with E-state index in [2.05, 4.69) is 10.1 Å². The largest absolute Gasteiger partial charge is 0.452 e. The van der Waals surface area contributed by atoms with E-state index >= 15 is 0 Å². The highest BCUT2D eigenvalue weighted by molar-refractivity contribution is 6.30. The van der Waals surface area contributed by atoms with Crippen molar-refractivity contribution in [2.75, 3.05) is 0 Å². The molecule has 7 heteroatoms. The van der Waals surface area contributed by atoms with E-state index in [4.69, 9.17) is 20.9 Å². The average Bonchev–Trinajstić information content (AvgIpc) is 3.01. The normalized spacial score (nSPS) is 10.5. The minimum Gasteiger partial charge on any atom is -0.452 e. The lowest BCUT2D eigenvalue weighted by atomic mass is 10.2. The minimum atomic E-state index is -0.557. The molecule has 1 aromatic heterocycles. The molecule has 1 heterocycles. The number of nitrogens with zero attached hydrogens (tertiary/aromatic N) is 2. The third kappa shape index (κ3) is 3.73. The molecule has 0 saturated carbocycles. The van der Waals surface area contributed by atoms with Crippen molar-refractivity contribution in [2.45, 2.75) is 6.61 Å². The monoisotopic (exact) mass is 332 g/mol.